The molecule has 0 unspecified atom stereocenters. The summed E-state index contributed by atoms with van der Waals surface area (Å²) in [5.74, 6) is -8.74. The predicted octanol–water partition coefficient (Wildman–Crippen LogP) is 3.12. The number of rotatable bonds is 9. The minimum absolute atomic E-state index is 0.000144. The van der Waals surface area contributed by atoms with Gasteiger partial charge in [-0.3, -0.25) is 28.8 Å². The van der Waals surface area contributed by atoms with Gasteiger partial charge in [0.05, 0.1) is 37.0 Å². The van der Waals surface area contributed by atoms with Crippen molar-refractivity contribution in [2.75, 3.05) is 14.2 Å². The van der Waals surface area contributed by atoms with Gasteiger partial charge in [-0.2, -0.15) is 0 Å². The summed E-state index contributed by atoms with van der Waals surface area (Å²) in [6, 6.07) is 3.39. The first-order chi connectivity index (χ1) is 28.2. The van der Waals surface area contributed by atoms with E-state index in [2.05, 4.69) is 5.32 Å². The highest BCUT2D eigenvalue weighted by Crippen LogP contribution is 2.57. The highest BCUT2D eigenvalue weighted by molar-refractivity contribution is 6.31. The van der Waals surface area contributed by atoms with Crippen LogP contribution in [-0.4, -0.2) is 108 Å². The Hall–Kier alpha value is -6.44. The van der Waals surface area contributed by atoms with Crippen LogP contribution in [0.15, 0.2) is 24.3 Å². The molecule has 1 saturated heterocycles. The first-order valence-electron chi connectivity index (χ1n) is 18.3. The first kappa shape index (κ1) is 43.1. The highest BCUT2D eigenvalue weighted by Gasteiger charge is 2.52. The van der Waals surface area contributed by atoms with E-state index in [1.54, 1.807) is 0 Å². The van der Waals surface area contributed by atoms with Crippen LogP contribution in [0.5, 0.6) is 23.0 Å². The van der Waals surface area contributed by atoms with Gasteiger partial charge in [0.1, 0.15) is 35.5 Å². The van der Waals surface area contributed by atoms with E-state index in [-0.39, 0.29) is 39.1 Å². The normalized spacial score (nSPS) is 23.1. The van der Waals surface area contributed by atoms with Crippen LogP contribution in [-0.2, 0) is 42.9 Å². The third-order valence-corrected chi connectivity index (χ3v) is 10.2. The molecule has 1 aliphatic heterocycles. The number of ketones is 2. The summed E-state index contributed by atoms with van der Waals surface area (Å²) in [5.41, 5.74) is -3.40. The van der Waals surface area contributed by atoms with Crippen molar-refractivity contribution in [3.05, 3.63) is 68.8 Å². The summed E-state index contributed by atoms with van der Waals surface area (Å²) in [7, 11) is 2.35. The Labute approximate surface area is 340 Å². The smallest absolute Gasteiger partial charge is 0.328 e. The molecule has 1 fully saturated rings. The van der Waals surface area contributed by atoms with Gasteiger partial charge in [0.15, 0.2) is 42.0 Å². The number of phenols is 2. The second kappa shape index (κ2) is 16.3. The standard InChI is InChI=1S/C41H40FNO17/c1-13-9-23-28(36(57-16(4)44)25(13)39(52)43-14(2)40(53)55-8)27-21(12-22-29(34(27)51)32(49)20-10-19(54-7)11-24(47)26(20)31(22)48)33(50)35(23)60-41-38(59-18(6)46)37(58-17(5)45)30(42)15(3)56-41/h9-12,14-15,30,33,35,37-38,41,47,50-51H,1-8H3,(H,43,52)/t14-,15+,30-,33+,35+,37-,38+,41-/m1/s1. The maximum absolute atomic E-state index is 15.6. The van der Waals surface area contributed by atoms with Crippen molar-refractivity contribution in [2.24, 2.45) is 0 Å². The van der Waals surface area contributed by atoms with Crippen molar-refractivity contribution in [1.29, 1.82) is 0 Å². The molecule has 0 aromatic heterocycles. The Balaban J connectivity index is 1.65. The Morgan fingerprint density at radius 2 is 1.45 bits per heavy atom. The number of methoxy groups -OCH3 is 2. The van der Waals surface area contributed by atoms with Crippen molar-refractivity contribution in [3.63, 3.8) is 0 Å². The zero-order chi connectivity index (χ0) is 44.2. The van der Waals surface area contributed by atoms with Crippen LogP contribution < -0.4 is 14.8 Å². The van der Waals surface area contributed by atoms with E-state index in [0.717, 1.165) is 40.0 Å². The highest BCUT2D eigenvalue weighted by atomic mass is 19.1. The fourth-order valence-corrected chi connectivity index (χ4v) is 7.67. The van der Waals surface area contributed by atoms with Crippen LogP contribution in [0.1, 0.15) is 106 Å². The number of hydrogen-bond acceptors (Lipinski definition) is 17. The van der Waals surface area contributed by atoms with Gasteiger partial charge < -0.3 is 53.8 Å². The molecule has 8 atom stereocenters. The minimum Gasteiger partial charge on any atom is -0.507 e. The average Bonchev–Trinajstić information content (AvgIpc) is 3.17. The van der Waals surface area contributed by atoms with Gasteiger partial charge in [-0.15, -0.1) is 0 Å². The van der Waals surface area contributed by atoms with E-state index < -0.39 is 130 Å². The number of nitrogens with one attached hydrogen (secondary N) is 1. The second-order valence-corrected chi connectivity index (χ2v) is 14.3. The lowest BCUT2D eigenvalue weighted by Crippen LogP contribution is -2.59. The van der Waals surface area contributed by atoms with Crippen molar-refractivity contribution >= 4 is 41.4 Å². The molecule has 1 heterocycles. The van der Waals surface area contributed by atoms with Crippen molar-refractivity contribution in [1.82, 2.24) is 5.32 Å². The molecule has 6 rings (SSSR count). The number of aliphatic hydroxyl groups is 1. The van der Waals surface area contributed by atoms with Crippen molar-refractivity contribution < 1.29 is 86.4 Å². The lowest BCUT2D eigenvalue weighted by molar-refractivity contribution is -0.308. The van der Waals surface area contributed by atoms with Gasteiger partial charge in [-0.05, 0) is 49.6 Å². The molecule has 3 aliphatic rings. The molecule has 19 heteroatoms. The van der Waals surface area contributed by atoms with Gasteiger partial charge in [0, 0.05) is 49.1 Å². The van der Waals surface area contributed by atoms with Gasteiger partial charge in [0.2, 0.25) is 0 Å². The maximum Gasteiger partial charge on any atom is 0.328 e. The molecule has 1 amide bonds. The number of alkyl halides is 1. The number of aromatic hydroxyl groups is 2. The third-order valence-electron chi connectivity index (χ3n) is 10.2. The molecular formula is C41H40FNO17. The number of aryl methyl sites for hydroxylation is 1. The molecule has 4 N–H and O–H groups in total. The quantitative estimate of drug-likeness (QED) is 0.107. The number of phenolic OH excluding ortho intramolecular Hbond substituents is 2. The Bertz CT molecular complexity index is 2370. The van der Waals surface area contributed by atoms with Crippen LogP contribution >= 0.6 is 0 Å². The molecule has 0 radical (unpaired) electrons. The van der Waals surface area contributed by atoms with Gasteiger partial charge >= 0.3 is 23.9 Å². The van der Waals surface area contributed by atoms with E-state index in [0.29, 0.717) is 0 Å². The molecule has 318 valence electrons. The number of fused-ring (bicyclic) bond motifs is 5. The van der Waals surface area contributed by atoms with E-state index in [9.17, 15) is 48.9 Å². The van der Waals surface area contributed by atoms with Gasteiger partial charge in [-0.1, -0.05) is 6.07 Å². The monoisotopic (exact) mass is 837 g/mol. The number of esters is 4. The topological polar surface area (TPSA) is 257 Å². The Kier molecular flexibility index (Phi) is 11.7. The fraction of sp³-hybridized carbons (Fsp3) is 0.390. The van der Waals surface area contributed by atoms with Crippen LogP contribution in [0.4, 0.5) is 4.39 Å². The lowest BCUT2D eigenvalue weighted by atomic mass is 9.74. The van der Waals surface area contributed by atoms with E-state index in [4.69, 9.17) is 33.2 Å². The summed E-state index contributed by atoms with van der Waals surface area (Å²) < 4.78 is 53.9. The predicted molar refractivity (Wildman–Crippen MR) is 199 cm³/mol. The van der Waals surface area contributed by atoms with E-state index in [1.807, 2.05) is 0 Å². The molecular weight excluding hydrogens is 797 g/mol. The Morgan fingerprint density at radius 3 is 2.05 bits per heavy atom. The van der Waals surface area contributed by atoms with Crippen LogP contribution in [0.3, 0.4) is 0 Å². The fourth-order valence-electron chi connectivity index (χ4n) is 7.67. The molecule has 60 heavy (non-hydrogen) atoms. The summed E-state index contributed by atoms with van der Waals surface area (Å²) in [4.78, 5) is 91.9. The maximum atomic E-state index is 15.6. The molecule has 0 saturated carbocycles. The SMILES string of the molecule is COC(=O)[C@@H](C)NC(=O)c1c(C)cc2c(c1OC(C)=O)-c1c(cc3c(c1O)C(=O)c1cc(OC)cc(O)c1C3=O)[C@H](O)[C@H]2O[C@H]1O[C@@H](C)[C@@H](F)[C@@H](OC(C)=O)[C@@H]1OC(C)=O. The number of benzene rings is 3. The zero-order valence-electron chi connectivity index (χ0n) is 33.4. The second-order valence-electron chi connectivity index (χ2n) is 14.3. The summed E-state index contributed by atoms with van der Waals surface area (Å²) in [6.07, 6.45) is -12.5. The molecule has 3 aromatic carbocycles. The van der Waals surface area contributed by atoms with Gasteiger partial charge in [0.25, 0.3) is 5.91 Å². The minimum atomic E-state index is -2.04. The van der Waals surface area contributed by atoms with Crippen molar-refractivity contribution in [3.8, 4) is 34.1 Å². The molecule has 18 nitrogen and oxygen atoms in total. The summed E-state index contributed by atoms with van der Waals surface area (Å²) in [5, 5.41) is 37.8. The van der Waals surface area contributed by atoms with Gasteiger partial charge in [-0.25, -0.2) is 9.18 Å². The molecule has 2 aliphatic carbocycles. The molecule has 0 spiro atoms. The number of carbonyl (C=O) groups excluding carboxylic acids is 7. The number of hydrogen-bond donors (Lipinski definition) is 4. The lowest BCUT2D eigenvalue weighted by Gasteiger charge is -2.44. The van der Waals surface area contributed by atoms with Crippen molar-refractivity contribution in [2.45, 2.75) is 90.6 Å². The van der Waals surface area contributed by atoms with Crippen LogP contribution in [0.25, 0.3) is 11.1 Å². The zero-order valence-corrected chi connectivity index (χ0v) is 33.4. The molecule has 3 aromatic rings. The average molecular weight is 838 g/mol. The Morgan fingerprint density at radius 1 is 0.833 bits per heavy atom. The number of carbonyl (C=O) groups is 7. The number of halogens is 1. The van der Waals surface area contributed by atoms with Crippen LogP contribution in [0.2, 0.25) is 0 Å². The first-order valence-corrected chi connectivity index (χ1v) is 18.3. The summed E-state index contributed by atoms with van der Waals surface area (Å²) in [6.45, 7) is 6.99. The number of ether oxygens (including phenoxy) is 7. The van der Waals surface area contributed by atoms with E-state index >= 15 is 4.39 Å². The number of aliphatic hydroxyl groups excluding tert-OH is 1. The van der Waals surface area contributed by atoms with Crippen LogP contribution in [0, 0.1) is 6.92 Å². The molecule has 0 bridgehead atoms. The third kappa shape index (κ3) is 7.39. The largest absolute Gasteiger partial charge is 0.507 e. The number of amides is 1. The summed E-state index contributed by atoms with van der Waals surface area (Å²) >= 11 is 0. The van der Waals surface area contributed by atoms with E-state index in [1.165, 1.54) is 40.0 Å².